The first-order chi connectivity index (χ1) is 9.95. The maximum absolute atomic E-state index is 12.5. The lowest BCUT2D eigenvalue weighted by Gasteiger charge is -2.18. The van der Waals surface area contributed by atoms with E-state index >= 15 is 0 Å². The second kappa shape index (κ2) is 6.58. The van der Waals surface area contributed by atoms with E-state index in [1.165, 1.54) is 23.5 Å². The molecule has 0 bridgehead atoms. The molecule has 2 aromatic carbocycles. The van der Waals surface area contributed by atoms with Gasteiger partial charge in [-0.15, -0.1) is 0 Å². The lowest BCUT2D eigenvalue weighted by atomic mass is 10.2. The van der Waals surface area contributed by atoms with Crippen molar-refractivity contribution < 1.29 is 13.5 Å². The van der Waals surface area contributed by atoms with Gasteiger partial charge in [-0.1, -0.05) is 41.9 Å². The molecule has 0 radical (unpaired) electrons. The molecular formula is C15H16ClNO3S. The van der Waals surface area contributed by atoms with Gasteiger partial charge in [-0.2, -0.15) is 4.31 Å². The van der Waals surface area contributed by atoms with Crippen LogP contribution in [0.5, 0.6) is 0 Å². The molecule has 0 unspecified atom stereocenters. The lowest BCUT2D eigenvalue weighted by molar-refractivity contribution is 0.281. The quantitative estimate of drug-likeness (QED) is 0.919. The molecule has 0 saturated heterocycles. The van der Waals surface area contributed by atoms with Gasteiger partial charge in [-0.25, -0.2) is 8.42 Å². The van der Waals surface area contributed by atoms with Crippen LogP contribution < -0.4 is 0 Å². The van der Waals surface area contributed by atoms with E-state index in [1.807, 2.05) is 6.07 Å². The SMILES string of the molecule is CN(Cc1ccccc1Cl)S(=O)(=O)c1ccc(CO)cc1. The Labute approximate surface area is 129 Å². The fourth-order valence-corrected chi connectivity index (χ4v) is 3.24. The molecule has 2 aromatic rings. The molecule has 6 heteroatoms. The van der Waals surface area contributed by atoms with Crippen LogP contribution in [0.1, 0.15) is 11.1 Å². The van der Waals surface area contributed by atoms with Crippen molar-refractivity contribution in [2.75, 3.05) is 7.05 Å². The summed E-state index contributed by atoms with van der Waals surface area (Å²) in [5.41, 5.74) is 1.42. The van der Waals surface area contributed by atoms with Gasteiger partial charge in [0.15, 0.2) is 0 Å². The number of benzene rings is 2. The van der Waals surface area contributed by atoms with Crippen LogP contribution in [0.15, 0.2) is 53.4 Å². The first kappa shape index (κ1) is 16.0. The van der Waals surface area contributed by atoms with Crippen molar-refractivity contribution in [3.8, 4) is 0 Å². The van der Waals surface area contributed by atoms with Crippen molar-refractivity contribution >= 4 is 21.6 Å². The Kier molecular flexibility index (Phi) is 5.00. The van der Waals surface area contributed by atoms with E-state index in [9.17, 15) is 8.42 Å². The number of hydrogen-bond donors (Lipinski definition) is 1. The Balaban J connectivity index is 2.24. The molecule has 0 spiro atoms. The van der Waals surface area contributed by atoms with Crippen LogP contribution in [0.4, 0.5) is 0 Å². The van der Waals surface area contributed by atoms with Crippen LogP contribution in [0.3, 0.4) is 0 Å². The van der Waals surface area contributed by atoms with Gasteiger partial charge < -0.3 is 5.11 Å². The first-order valence-corrected chi connectivity index (χ1v) is 8.16. The van der Waals surface area contributed by atoms with Gasteiger partial charge in [0, 0.05) is 18.6 Å². The van der Waals surface area contributed by atoms with Crippen molar-refractivity contribution in [3.05, 3.63) is 64.7 Å². The standard InChI is InChI=1S/C15H16ClNO3S/c1-17(10-13-4-2-3-5-15(13)16)21(19,20)14-8-6-12(11-18)7-9-14/h2-9,18H,10-11H2,1H3. The molecule has 4 nitrogen and oxygen atoms in total. The molecular weight excluding hydrogens is 310 g/mol. The highest BCUT2D eigenvalue weighted by molar-refractivity contribution is 7.89. The summed E-state index contributed by atoms with van der Waals surface area (Å²) in [5, 5.41) is 9.53. The second-order valence-electron chi connectivity index (χ2n) is 4.65. The van der Waals surface area contributed by atoms with Crippen molar-refractivity contribution in [2.24, 2.45) is 0 Å². The lowest BCUT2D eigenvalue weighted by Crippen LogP contribution is -2.26. The third-order valence-corrected chi connectivity index (χ3v) is 5.35. The minimum absolute atomic E-state index is 0.115. The molecule has 21 heavy (non-hydrogen) atoms. The van der Waals surface area contributed by atoms with E-state index in [1.54, 1.807) is 30.3 Å². The van der Waals surface area contributed by atoms with Gasteiger partial charge in [0.05, 0.1) is 11.5 Å². The van der Waals surface area contributed by atoms with Gasteiger partial charge in [0.25, 0.3) is 0 Å². The smallest absolute Gasteiger partial charge is 0.243 e. The molecule has 0 aliphatic heterocycles. The van der Waals surface area contributed by atoms with Gasteiger partial charge >= 0.3 is 0 Å². The number of hydrogen-bond acceptors (Lipinski definition) is 3. The van der Waals surface area contributed by atoms with Crippen LogP contribution in [0.25, 0.3) is 0 Å². The van der Waals surface area contributed by atoms with E-state index in [2.05, 4.69) is 0 Å². The number of sulfonamides is 1. The average molecular weight is 326 g/mol. The molecule has 0 amide bonds. The van der Waals surface area contributed by atoms with Gasteiger partial charge in [0.1, 0.15) is 0 Å². The molecule has 0 aromatic heterocycles. The van der Waals surface area contributed by atoms with Crippen molar-refractivity contribution in [2.45, 2.75) is 18.0 Å². The number of rotatable bonds is 5. The fourth-order valence-electron chi connectivity index (χ4n) is 1.90. The predicted molar refractivity (Wildman–Crippen MR) is 82.5 cm³/mol. The Morgan fingerprint density at radius 1 is 1.10 bits per heavy atom. The van der Waals surface area contributed by atoms with E-state index in [0.717, 1.165) is 5.56 Å². The minimum Gasteiger partial charge on any atom is -0.392 e. The molecule has 0 saturated carbocycles. The highest BCUT2D eigenvalue weighted by atomic mass is 35.5. The summed E-state index contributed by atoms with van der Waals surface area (Å²) in [6, 6.07) is 13.3. The molecule has 112 valence electrons. The van der Waals surface area contributed by atoms with Crippen molar-refractivity contribution in [3.63, 3.8) is 0 Å². The predicted octanol–water partition coefficient (Wildman–Crippen LogP) is 2.65. The molecule has 0 aliphatic carbocycles. The normalized spacial score (nSPS) is 11.8. The number of aliphatic hydroxyl groups is 1. The van der Waals surface area contributed by atoms with Crippen LogP contribution >= 0.6 is 11.6 Å². The minimum atomic E-state index is -3.59. The highest BCUT2D eigenvalue weighted by Crippen LogP contribution is 2.21. The van der Waals surface area contributed by atoms with Crippen molar-refractivity contribution in [1.29, 1.82) is 0 Å². The summed E-state index contributed by atoms with van der Waals surface area (Å²) in [6.07, 6.45) is 0. The zero-order valence-corrected chi connectivity index (χ0v) is 13.1. The largest absolute Gasteiger partial charge is 0.392 e. The maximum atomic E-state index is 12.5. The van der Waals surface area contributed by atoms with E-state index in [-0.39, 0.29) is 18.0 Å². The Morgan fingerprint density at radius 3 is 2.29 bits per heavy atom. The zero-order chi connectivity index (χ0) is 15.5. The molecule has 1 N–H and O–H groups in total. The summed E-state index contributed by atoms with van der Waals surface area (Å²) < 4.78 is 26.2. The first-order valence-electron chi connectivity index (χ1n) is 6.34. The number of halogens is 1. The maximum Gasteiger partial charge on any atom is 0.243 e. The number of aliphatic hydroxyl groups excluding tert-OH is 1. The Bertz CT molecular complexity index is 714. The second-order valence-corrected chi connectivity index (χ2v) is 7.11. The summed E-state index contributed by atoms with van der Waals surface area (Å²) in [5.74, 6) is 0. The number of nitrogens with zero attached hydrogens (tertiary/aromatic N) is 1. The summed E-state index contributed by atoms with van der Waals surface area (Å²) in [6.45, 7) is 0.0829. The highest BCUT2D eigenvalue weighted by Gasteiger charge is 2.21. The van der Waals surface area contributed by atoms with Crippen LogP contribution in [0.2, 0.25) is 5.02 Å². The monoisotopic (exact) mass is 325 g/mol. The van der Waals surface area contributed by atoms with Crippen LogP contribution in [-0.2, 0) is 23.2 Å². The van der Waals surface area contributed by atoms with Crippen molar-refractivity contribution in [1.82, 2.24) is 4.31 Å². The summed E-state index contributed by atoms with van der Waals surface area (Å²) in [4.78, 5) is 0.189. The van der Waals surface area contributed by atoms with E-state index in [0.29, 0.717) is 10.6 Å². The van der Waals surface area contributed by atoms with E-state index in [4.69, 9.17) is 16.7 Å². The summed E-state index contributed by atoms with van der Waals surface area (Å²) in [7, 11) is -2.07. The van der Waals surface area contributed by atoms with Gasteiger partial charge in [-0.3, -0.25) is 0 Å². The Morgan fingerprint density at radius 2 is 1.71 bits per heavy atom. The third-order valence-electron chi connectivity index (χ3n) is 3.16. The molecule has 2 rings (SSSR count). The molecule has 0 aliphatic rings. The summed E-state index contributed by atoms with van der Waals surface area (Å²) >= 11 is 6.05. The van der Waals surface area contributed by atoms with Gasteiger partial charge in [0.2, 0.25) is 10.0 Å². The van der Waals surface area contributed by atoms with Crippen LogP contribution in [0, 0.1) is 0 Å². The molecule has 0 heterocycles. The Hall–Kier alpha value is -1.40. The topological polar surface area (TPSA) is 57.6 Å². The average Bonchev–Trinajstić information content (AvgIpc) is 2.49. The van der Waals surface area contributed by atoms with Crippen LogP contribution in [-0.4, -0.2) is 24.9 Å². The van der Waals surface area contributed by atoms with E-state index < -0.39 is 10.0 Å². The molecule has 0 atom stereocenters. The zero-order valence-electron chi connectivity index (χ0n) is 11.5. The molecule has 0 fully saturated rings. The third kappa shape index (κ3) is 3.63. The van der Waals surface area contributed by atoms with Gasteiger partial charge in [-0.05, 0) is 29.3 Å². The fraction of sp³-hybridized carbons (Fsp3) is 0.200.